The molecule has 0 unspecified atom stereocenters. The van der Waals surface area contributed by atoms with Crippen LogP contribution in [0.4, 0.5) is 0 Å². The van der Waals surface area contributed by atoms with Crippen molar-refractivity contribution in [3.63, 3.8) is 0 Å². The highest BCUT2D eigenvalue weighted by molar-refractivity contribution is 5.85. The molecule has 1 amide bonds. The van der Waals surface area contributed by atoms with E-state index in [4.69, 9.17) is 18.9 Å². The standard InChI is InChI=1S/C27H32N2O5/c1-4-29-25(30)27(32-18-21-13-9-8-12-20(21)16-28)14-22(31-17-19-10-6-5-7-11-19)24-23(15-27)33-26(2,3)34-24/h5-13,22-24H,4,14-15,17-18H2,1-3H3,(H,29,30)/t22-,23-,24+,27-/m1/s1. The molecule has 4 rings (SSSR count). The number of nitrogens with zero attached hydrogens (tertiary/aromatic N) is 1. The minimum atomic E-state index is -1.18. The lowest BCUT2D eigenvalue weighted by molar-refractivity contribution is -0.183. The molecule has 2 fully saturated rings. The highest BCUT2D eigenvalue weighted by atomic mass is 16.8. The van der Waals surface area contributed by atoms with Crippen LogP contribution in [0.2, 0.25) is 0 Å². The van der Waals surface area contributed by atoms with Crippen LogP contribution in [0.15, 0.2) is 54.6 Å². The van der Waals surface area contributed by atoms with Gasteiger partial charge in [-0.25, -0.2) is 0 Å². The summed E-state index contributed by atoms with van der Waals surface area (Å²) in [5.74, 6) is -0.987. The number of carbonyl (C=O) groups excluding carboxylic acids is 1. The zero-order chi connectivity index (χ0) is 24.2. The highest BCUT2D eigenvalue weighted by Crippen LogP contribution is 2.44. The van der Waals surface area contributed by atoms with Crippen LogP contribution in [0.1, 0.15) is 50.3 Å². The molecule has 1 N–H and O–H groups in total. The van der Waals surface area contributed by atoms with Crippen LogP contribution in [0.3, 0.4) is 0 Å². The van der Waals surface area contributed by atoms with E-state index in [0.29, 0.717) is 31.6 Å². The van der Waals surface area contributed by atoms with Gasteiger partial charge in [-0.1, -0.05) is 48.5 Å². The van der Waals surface area contributed by atoms with Gasteiger partial charge in [-0.15, -0.1) is 0 Å². The number of carbonyl (C=O) groups is 1. The van der Waals surface area contributed by atoms with E-state index in [1.54, 1.807) is 6.07 Å². The number of fused-ring (bicyclic) bond motifs is 1. The minimum absolute atomic E-state index is 0.133. The third-order valence-corrected chi connectivity index (χ3v) is 6.35. The first-order valence-corrected chi connectivity index (χ1v) is 11.8. The van der Waals surface area contributed by atoms with Gasteiger partial charge in [-0.2, -0.15) is 5.26 Å². The van der Waals surface area contributed by atoms with E-state index >= 15 is 0 Å². The molecule has 0 radical (unpaired) electrons. The lowest BCUT2D eigenvalue weighted by Crippen LogP contribution is -2.60. The fourth-order valence-corrected chi connectivity index (χ4v) is 4.78. The summed E-state index contributed by atoms with van der Waals surface area (Å²) in [6.07, 6.45) is -0.419. The number of nitrogens with one attached hydrogen (secondary N) is 1. The van der Waals surface area contributed by atoms with E-state index < -0.39 is 17.5 Å². The van der Waals surface area contributed by atoms with Crippen molar-refractivity contribution < 1.29 is 23.7 Å². The van der Waals surface area contributed by atoms with Crippen LogP contribution in [0, 0.1) is 11.3 Å². The van der Waals surface area contributed by atoms with Gasteiger partial charge in [0.2, 0.25) is 0 Å². The van der Waals surface area contributed by atoms with Crippen molar-refractivity contribution in [3.8, 4) is 6.07 Å². The third kappa shape index (κ3) is 5.31. The normalized spacial score (nSPS) is 27.5. The Balaban J connectivity index is 1.61. The molecule has 1 aliphatic heterocycles. The molecule has 1 aliphatic carbocycles. The van der Waals surface area contributed by atoms with Crippen molar-refractivity contribution in [3.05, 3.63) is 71.3 Å². The summed E-state index contributed by atoms with van der Waals surface area (Å²) in [5.41, 5.74) is 1.13. The fraction of sp³-hybridized carbons (Fsp3) is 0.481. The topological polar surface area (TPSA) is 89.8 Å². The first-order chi connectivity index (χ1) is 16.4. The van der Waals surface area contributed by atoms with E-state index in [0.717, 1.165) is 11.1 Å². The van der Waals surface area contributed by atoms with Crippen LogP contribution >= 0.6 is 0 Å². The lowest BCUT2D eigenvalue weighted by atomic mass is 9.78. The molecule has 4 atom stereocenters. The smallest absolute Gasteiger partial charge is 0.252 e. The van der Waals surface area contributed by atoms with Crippen LogP contribution in [0.5, 0.6) is 0 Å². The maximum atomic E-state index is 13.4. The van der Waals surface area contributed by atoms with Crippen molar-refractivity contribution in [2.75, 3.05) is 6.54 Å². The second kappa shape index (κ2) is 10.2. The van der Waals surface area contributed by atoms with Crippen LogP contribution in [-0.2, 0) is 37.0 Å². The van der Waals surface area contributed by atoms with Crippen LogP contribution in [0.25, 0.3) is 0 Å². The molecule has 1 saturated heterocycles. The quantitative estimate of drug-likeness (QED) is 0.638. The van der Waals surface area contributed by atoms with Gasteiger partial charge in [0.05, 0.1) is 37.1 Å². The Morgan fingerprint density at radius 1 is 1.09 bits per heavy atom. The zero-order valence-electron chi connectivity index (χ0n) is 20.0. The lowest BCUT2D eigenvalue weighted by Gasteiger charge is -2.43. The van der Waals surface area contributed by atoms with E-state index in [1.807, 2.05) is 69.3 Å². The van der Waals surface area contributed by atoms with Gasteiger partial charge in [0.25, 0.3) is 5.91 Å². The fourth-order valence-electron chi connectivity index (χ4n) is 4.78. The number of rotatable bonds is 8. The Kier molecular flexibility index (Phi) is 7.34. The molecule has 7 nitrogen and oxygen atoms in total. The minimum Gasteiger partial charge on any atom is -0.371 e. The number of ether oxygens (including phenoxy) is 4. The molecule has 0 spiro atoms. The average molecular weight is 465 g/mol. The van der Waals surface area contributed by atoms with E-state index in [-0.39, 0.29) is 24.7 Å². The summed E-state index contributed by atoms with van der Waals surface area (Å²) in [4.78, 5) is 13.4. The number of benzene rings is 2. The molecule has 0 aromatic heterocycles. The summed E-state index contributed by atoms with van der Waals surface area (Å²) < 4.78 is 25.1. The van der Waals surface area contributed by atoms with Gasteiger partial charge in [-0.3, -0.25) is 4.79 Å². The summed E-state index contributed by atoms with van der Waals surface area (Å²) in [6, 6.07) is 19.4. The molecule has 180 valence electrons. The number of likely N-dealkylation sites (N-methyl/N-ethyl adjacent to an activating group) is 1. The van der Waals surface area contributed by atoms with Gasteiger partial charge in [0.15, 0.2) is 11.4 Å². The second-order valence-electron chi connectivity index (χ2n) is 9.29. The predicted molar refractivity (Wildman–Crippen MR) is 125 cm³/mol. The number of hydrogen-bond acceptors (Lipinski definition) is 6. The molecular weight excluding hydrogens is 432 g/mol. The SMILES string of the molecule is CCNC(=O)[C@@]1(OCc2ccccc2C#N)C[C@@H](OCc2ccccc2)[C@@H]2OC(C)(C)O[C@@H]2C1. The van der Waals surface area contributed by atoms with Gasteiger partial charge in [-0.05, 0) is 38.0 Å². The van der Waals surface area contributed by atoms with Gasteiger partial charge in [0, 0.05) is 19.4 Å². The molecule has 2 aromatic rings. The molecule has 2 aliphatic rings. The van der Waals surface area contributed by atoms with Crippen molar-refractivity contribution >= 4 is 5.91 Å². The van der Waals surface area contributed by atoms with Crippen molar-refractivity contribution in [2.24, 2.45) is 0 Å². The Morgan fingerprint density at radius 3 is 2.56 bits per heavy atom. The van der Waals surface area contributed by atoms with Gasteiger partial charge >= 0.3 is 0 Å². The maximum Gasteiger partial charge on any atom is 0.252 e. The monoisotopic (exact) mass is 464 g/mol. The molecule has 1 heterocycles. The zero-order valence-corrected chi connectivity index (χ0v) is 20.0. The number of amides is 1. The predicted octanol–water partition coefficient (Wildman–Crippen LogP) is 3.85. The van der Waals surface area contributed by atoms with E-state index in [9.17, 15) is 10.1 Å². The van der Waals surface area contributed by atoms with Crippen molar-refractivity contribution in [1.29, 1.82) is 5.26 Å². The largest absolute Gasteiger partial charge is 0.371 e. The van der Waals surface area contributed by atoms with Gasteiger partial charge < -0.3 is 24.3 Å². The first-order valence-electron chi connectivity index (χ1n) is 11.8. The molecule has 34 heavy (non-hydrogen) atoms. The molecule has 2 aromatic carbocycles. The Bertz CT molecular complexity index is 1030. The maximum absolute atomic E-state index is 13.4. The van der Waals surface area contributed by atoms with E-state index in [1.165, 1.54) is 0 Å². The molecule has 0 bridgehead atoms. The first kappa shape index (κ1) is 24.4. The Labute approximate surface area is 201 Å². The highest BCUT2D eigenvalue weighted by Gasteiger charge is 2.58. The summed E-state index contributed by atoms with van der Waals surface area (Å²) in [6.45, 7) is 6.62. The molecule has 7 heteroatoms. The summed E-state index contributed by atoms with van der Waals surface area (Å²) in [5, 5.41) is 12.4. The van der Waals surface area contributed by atoms with Crippen molar-refractivity contribution in [2.45, 2.75) is 76.5 Å². The summed E-state index contributed by atoms with van der Waals surface area (Å²) >= 11 is 0. The Morgan fingerprint density at radius 2 is 1.82 bits per heavy atom. The number of nitriles is 1. The summed E-state index contributed by atoms with van der Waals surface area (Å²) in [7, 11) is 0. The van der Waals surface area contributed by atoms with E-state index in [2.05, 4.69) is 11.4 Å². The van der Waals surface area contributed by atoms with Gasteiger partial charge in [0.1, 0.15) is 6.10 Å². The van der Waals surface area contributed by atoms with Crippen LogP contribution < -0.4 is 5.32 Å². The third-order valence-electron chi connectivity index (χ3n) is 6.35. The van der Waals surface area contributed by atoms with Crippen molar-refractivity contribution in [1.82, 2.24) is 5.32 Å². The molecule has 1 saturated carbocycles. The molecular formula is C27H32N2O5. The Hall–Kier alpha value is -2.76. The number of hydrogen-bond donors (Lipinski definition) is 1. The van der Waals surface area contributed by atoms with Crippen LogP contribution in [-0.4, -0.2) is 42.2 Å². The average Bonchev–Trinajstić information content (AvgIpc) is 3.15. The second-order valence-corrected chi connectivity index (χ2v) is 9.29.